The van der Waals surface area contributed by atoms with E-state index in [1.807, 2.05) is 0 Å². The van der Waals surface area contributed by atoms with E-state index in [1.54, 1.807) is 0 Å². The molecule has 0 radical (unpaired) electrons. The molecule has 0 aromatic heterocycles. The summed E-state index contributed by atoms with van der Waals surface area (Å²) in [6.45, 7) is 1.50. The lowest BCUT2D eigenvalue weighted by atomic mass is 9.88. The van der Waals surface area contributed by atoms with Gasteiger partial charge in [0.1, 0.15) is 0 Å². The second kappa shape index (κ2) is 7.51. The van der Waals surface area contributed by atoms with E-state index in [1.165, 1.54) is 0 Å². The molecule has 0 rings (SSSR count). The van der Waals surface area contributed by atoms with Crippen LogP contribution in [0.3, 0.4) is 0 Å². The first-order valence-corrected chi connectivity index (χ1v) is 10.5. The fourth-order valence-corrected chi connectivity index (χ4v) is 2.74. The molecule has 0 aliphatic rings. The number of alkyl halides is 17. The van der Waals surface area contributed by atoms with Crippen LogP contribution in [0, 0.1) is 0 Å². The molecule has 0 atom stereocenters. The zero-order valence-corrected chi connectivity index (χ0v) is 15.8. The molecule has 19 heteroatoms. The second-order valence-corrected chi connectivity index (χ2v) is 11.1. The van der Waals surface area contributed by atoms with E-state index < -0.39 is 68.4 Å². The van der Waals surface area contributed by atoms with Crippen LogP contribution >= 0.6 is 0 Å². The molecule has 0 aliphatic heterocycles. The largest absolute Gasteiger partial charge is 0.460 e. The molecule has 188 valence electrons. The Bertz CT molecular complexity index is 644. The summed E-state index contributed by atoms with van der Waals surface area (Å²) in [5, 5.41) is 0. The Hall–Kier alpha value is -1.01. The monoisotopic (exact) mass is 522 g/mol. The average molecular weight is 522 g/mol. The summed E-state index contributed by atoms with van der Waals surface area (Å²) in [7, 11) is -3.80. The highest BCUT2D eigenvalue weighted by molar-refractivity contribution is 6.69. The first kappa shape index (κ1) is 30.0. The molecule has 0 aromatic carbocycles. The fourth-order valence-electron chi connectivity index (χ4n) is 1.82. The van der Waals surface area contributed by atoms with Crippen molar-refractivity contribution in [2.45, 2.75) is 73.2 Å². The molecule has 0 bridgehead atoms. The van der Waals surface area contributed by atoms with E-state index in [9.17, 15) is 79.4 Å². The summed E-state index contributed by atoms with van der Waals surface area (Å²) in [6, 6.07) is -1.45. The van der Waals surface area contributed by atoms with Gasteiger partial charge in [-0.05, 0) is 19.1 Å². The molecule has 31 heavy (non-hydrogen) atoms. The maximum atomic E-state index is 13.5. The highest BCUT2D eigenvalue weighted by Crippen LogP contribution is 2.64. The first-order chi connectivity index (χ1) is 13.0. The molecule has 0 unspecified atom stereocenters. The summed E-state index contributed by atoms with van der Waals surface area (Å²) in [5.74, 6) is -56.2. The highest BCUT2D eigenvalue weighted by atomic mass is 28.4. The maximum Gasteiger partial charge on any atom is 0.460 e. The number of hydrogen-bond acceptors (Lipinski definition) is 1. The Morgan fingerprint density at radius 2 is 0.742 bits per heavy atom. The Balaban J connectivity index is 6.56. The van der Waals surface area contributed by atoms with Crippen LogP contribution in [0.2, 0.25) is 19.1 Å². The Morgan fingerprint density at radius 1 is 0.484 bits per heavy atom. The van der Waals surface area contributed by atoms with Crippen molar-refractivity contribution < 1.29 is 79.4 Å². The standard InChI is InChI=1S/C12H11F17OSi/c1-31(2,30)4-3-5(13,14)6(15,16)7(17,18)8(19,20)9(21,22)10(23,24)11(25,26)12(27,28)29/h30H,3-4H2,1-2H3. The molecule has 1 nitrogen and oxygen atoms in total. The molecular weight excluding hydrogens is 511 g/mol. The van der Waals surface area contributed by atoms with Gasteiger partial charge in [0.05, 0.1) is 0 Å². The SMILES string of the molecule is C[Si](C)(O)CCC(F)(F)C(F)(F)C(F)(F)C(F)(F)C(F)(F)C(F)(F)C(F)(F)C(F)(F)F. The van der Waals surface area contributed by atoms with Gasteiger partial charge in [0.2, 0.25) is 0 Å². The summed E-state index contributed by atoms with van der Waals surface area (Å²) in [6.07, 6.45) is -10.4. The molecule has 0 saturated heterocycles. The van der Waals surface area contributed by atoms with Crippen molar-refractivity contribution in [3.05, 3.63) is 0 Å². The van der Waals surface area contributed by atoms with Gasteiger partial charge in [-0.3, -0.25) is 0 Å². The summed E-state index contributed by atoms with van der Waals surface area (Å²) >= 11 is 0. The average Bonchev–Trinajstić information content (AvgIpc) is 2.50. The zero-order valence-electron chi connectivity index (χ0n) is 14.8. The third kappa shape index (κ3) is 4.44. The molecule has 0 spiro atoms. The lowest BCUT2D eigenvalue weighted by Gasteiger charge is -2.43. The topological polar surface area (TPSA) is 20.2 Å². The van der Waals surface area contributed by atoms with E-state index in [2.05, 4.69) is 0 Å². The predicted octanol–water partition coefficient (Wildman–Crippen LogP) is 6.58. The van der Waals surface area contributed by atoms with Crippen molar-refractivity contribution in [2.75, 3.05) is 0 Å². The van der Waals surface area contributed by atoms with Gasteiger partial charge >= 0.3 is 47.6 Å². The molecule has 0 aromatic rings. The Kier molecular flexibility index (Phi) is 7.26. The van der Waals surface area contributed by atoms with Gasteiger partial charge in [-0.1, -0.05) is 0 Å². The van der Waals surface area contributed by atoms with Crippen LogP contribution in [0.15, 0.2) is 0 Å². The van der Waals surface area contributed by atoms with Crippen LogP contribution in [-0.4, -0.2) is 60.7 Å². The second-order valence-electron chi connectivity index (χ2n) is 6.96. The minimum Gasteiger partial charge on any atom is -0.432 e. The van der Waals surface area contributed by atoms with Crippen molar-refractivity contribution in [1.29, 1.82) is 0 Å². The molecular formula is C12H11F17OSi. The smallest absolute Gasteiger partial charge is 0.432 e. The highest BCUT2D eigenvalue weighted by Gasteiger charge is 2.95. The molecule has 0 saturated carbocycles. The van der Waals surface area contributed by atoms with Gasteiger partial charge < -0.3 is 4.80 Å². The van der Waals surface area contributed by atoms with Crippen LogP contribution in [0.1, 0.15) is 6.42 Å². The number of halogens is 17. The van der Waals surface area contributed by atoms with Gasteiger partial charge in [0.25, 0.3) is 0 Å². The van der Waals surface area contributed by atoms with E-state index in [0.717, 1.165) is 13.1 Å². The third-order valence-electron chi connectivity index (χ3n) is 3.84. The quantitative estimate of drug-likeness (QED) is 0.268. The summed E-state index contributed by atoms with van der Waals surface area (Å²) in [4.78, 5) is 9.23. The minimum atomic E-state index is -8.62. The Labute approximate surface area is 162 Å². The third-order valence-corrected chi connectivity index (χ3v) is 5.31. The molecule has 1 N–H and O–H groups in total. The van der Waals surface area contributed by atoms with E-state index in [4.69, 9.17) is 0 Å². The predicted molar refractivity (Wildman–Crippen MR) is 69.8 cm³/mol. The van der Waals surface area contributed by atoms with Crippen molar-refractivity contribution in [2.24, 2.45) is 0 Å². The summed E-state index contributed by atoms with van der Waals surface area (Å²) < 4.78 is 221. The van der Waals surface area contributed by atoms with Crippen molar-refractivity contribution in [3.63, 3.8) is 0 Å². The lowest BCUT2D eigenvalue weighted by molar-refractivity contribution is -0.461. The van der Waals surface area contributed by atoms with Crippen LogP contribution in [0.5, 0.6) is 0 Å². The van der Waals surface area contributed by atoms with Crippen LogP contribution in [-0.2, 0) is 0 Å². The summed E-state index contributed by atoms with van der Waals surface area (Å²) in [5.41, 5.74) is 0. The lowest BCUT2D eigenvalue weighted by Crippen LogP contribution is -2.74. The molecule has 0 fully saturated rings. The van der Waals surface area contributed by atoms with E-state index in [0.29, 0.717) is 0 Å². The molecule has 0 heterocycles. The molecule has 0 amide bonds. The van der Waals surface area contributed by atoms with Crippen LogP contribution < -0.4 is 0 Å². The fraction of sp³-hybridized carbons (Fsp3) is 1.00. The van der Waals surface area contributed by atoms with Crippen LogP contribution in [0.25, 0.3) is 0 Å². The van der Waals surface area contributed by atoms with E-state index in [-0.39, 0.29) is 0 Å². The van der Waals surface area contributed by atoms with Gasteiger partial charge in [-0.2, -0.15) is 74.6 Å². The minimum absolute atomic E-state index is 0.752. The van der Waals surface area contributed by atoms with Crippen molar-refractivity contribution in [1.82, 2.24) is 0 Å². The maximum absolute atomic E-state index is 13.5. The van der Waals surface area contributed by atoms with Gasteiger partial charge in [-0.25, -0.2) is 0 Å². The van der Waals surface area contributed by atoms with Crippen LogP contribution in [0.4, 0.5) is 74.6 Å². The Morgan fingerprint density at radius 3 is 1.00 bits per heavy atom. The first-order valence-electron chi connectivity index (χ1n) is 7.39. The van der Waals surface area contributed by atoms with Gasteiger partial charge in [-0.15, -0.1) is 0 Å². The van der Waals surface area contributed by atoms with Crippen molar-refractivity contribution >= 4 is 8.32 Å². The zero-order chi connectivity index (χ0) is 25.9. The van der Waals surface area contributed by atoms with E-state index >= 15 is 0 Å². The van der Waals surface area contributed by atoms with Crippen molar-refractivity contribution in [3.8, 4) is 0 Å². The number of hydrogen-bond donors (Lipinski definition) is 1. The van der Waals surface area contributed by atoms with Gasteiger partial charge in [0.15, 0.2) is 8.32 Å². The van der Waals surface area contributed by atoms with Gasteiger partial charge in [0, 0.05) is 6.42 Å². The normalized spacial score (nSPS) is 16.6. The number of rotatable bonds is 9. The molecule has 0 aliphatic carbocycles.